The zero-order chi connectivity index (χ0) is 28.5. The van der Waals surface area contributed by atoms with Crippen molar-refractivity contribution in [1.82, 2.24) is 0 Å². The second kappa shape index (κ2) is 8.74. The number of fused-ring (bicyclic) bond motifs is 2. The van der Waals surface area contributed by atoms with Crippen molar-refractivity contribution in [3.63, 3.8) is 0 Å². The molecule has 1 saturated heterocycles. The van der Waals surface area contributed by atoms with Crippen LogP contribution < -0.4 is 9.80 Å². The van der Waals surface area contributed by atoms with Gasteiger partial charge in [0.05, 0.1) is 27.7 Å². The fraction of sp³-hybridized carbons (Fsp3) is 0.167. The fourth-order valence-electron chi connectivity index (χ4n) is 4.85. The Bertz CT molecular complexity index is 1700. The maximum Gasteiger partial charge on any atom is 0.416 e. The first-order valence-electron chi connectivity index (χ1n) is 11.0. The van der Waals surface area contributed by atoms with Crippen LogP contribution in [0.3, 0.4) is 0 Å². The van der Waals surface area contributed by atoms with Crippen LogP contribution in [-0.2, 0) is 37.0 Å². The van der Waals surface area contributed by atoms with E-state index in [2.05, 4.69) is 0 Å². The van der Waals surface area contributed by atoms with E-state index in [1.807, 2.05) is 0 Å². The highest BCUT2D eigenvalue weighted by Crippen LogP contribution is 2.54. The number of benzene rings is 3. The summed E-state index contributed by atoms with van der Waals surface area (Å²) < 4.78 is 81.1. The van der Waals surface area contributed by atoms with Crippen molar-refractivity contribution < 1.29 is 40.5 Å². The Hall–Kier alpha value is -4.04. The van der Waals surface area contributed by atoms with E-state index in [4.69, 9.17) is 11.6 Å². The summed E-state index contributed by atoms with van der Waals surface area (Å²) in [6, 6.07) is 9.67. The van der Waals surface area contributed by atoms with E-state index in [1.165, 1.54) is 6.07 Å². The summed E-state index contributed by atoms with van der Waals surface area (Å²) in [5.74, 6) is -4.41. The molecular formula is C24H14ClF4N3O6S. The van der Waals surface area contributed by atoms with Crippen molar-refractivity contribution in [2.45, 2.75) is 17.6 Å². The predicted molar refractivity (Wildman–Crippen MR) is 130 cm³/mol. The van der Waals surface area contributed by atoms with Crippen LogP contribution in [0.5, 0.6) is 0 Å². The van der Waals surface area contributed by atoms with Crippen LogP contribution in [0.25, 0.3) is 0 Å². The van der Waals surface area contributed by atoms with Crippen LogP contribution in [-0.4, -0.2) is 30.9 Å². The van der Waals surface area contributed by atoms with E-state index in [0.29, 0.717) is 4.90 Å². The molecule has 2 heterocycles. The van der Waals surface area contributed by atoms with Crippen molar-refractivity contribution in [2.75, 3.05) is 15.6 Å². The summed E-state index contributed by atoms with van der Waals surface area (Å²) in [7, 11) is -4.77. The zero-order valence-corrected chi connectivity index (χ0v) is 20.8. The lowest BCUT2D eigenvalue weighted by Gasteiger charge is -2.32. The second-order valence-electron chi connectivity index (χ2n) is 8.78. The minimum atomic E-state index is -4.77. The SMILES string of the molecule is O=C1CS(=O)(=O)C2(C(=O)N(Cc3cccc(C(F)(F)F)c3)c3ccc([N+](=O)[O-])cc32)N1c1ccc(F)c(Cl)c1. The summed E-state index contributed by atoms with van der Waals surface area (Å²) in [6.45, 7) is -0.558. The molecule has 1 fully saturated rings. The smallest absolute Gasteiger partial charge is 0.304 e. The third-order valence-corrected chi connectivity index (χ3v) is 8.86. The van der Waals surface area contributed by atoms with Gasteiger partial charge in [-0.15, -0.1) is 0 Å². The van der Waals surface area contributed by atoms with Gasteiger partial charge in [-0.2, -0.15) is 13.2 Å². The molecule has 2 amide bonds. The minimum Gasteiger partial charge on any atom is -0.304 e. The van der Waals surface area contributed by atoms with E-state index < -0.39 is 77.6 Å². The third-order valence-electron chi connectivity index (χ3n) is 6.47. The first kappa shape index (κ1) is 26.6. The molecule has 5 rings (SSSR count). The topological polar surface area (TPSA) is 118 Å². The van der Waals surface area contributed by atoms with E-state index in [0.717, 1.165) is 59.5 Å². The van der Waals surface area contributed by atoms with Crippen molar-refractivity contribution in [3.05, 3.63) is 98.3 Å². The van der Waals surface area contributed by atoms with Gasteiger partial charge in [-0.05, 0) is 42.0 Å². The lowest BCUT2D eigenvalue weighted by Crippen LogP contribution is -2.54. The van der Waals surface area contributed by atoms with Gasteiger partial charge in [-0.1, -0.05) is 23.7 Å². The molecule has 2 aliphatic rings. The van der Waals surface area contributed by atoms with E-state index >= 15 is 0 Å². The monoisotopic (exact) mass is 583 g/mol. The van der Waals surface area contributed by atoms with Gasteiger partial charge in [0.1, 0.15) is 11.6 Å². The van der Waals surface area contributed by atoms with Crippen molar-refractivity contribution in [3.8, 4) is 0 Å². The van der Waals surface area contributed by atoms with Gasteiger partial charge in [0, 0.05) is 23.4 Å². The predicted octanol–water partition coefficient (Wildman–Crippen LogP) is 4.57. The number of hydrogen-bond acceptors (Lipinski definition) is 6. The molecule has 0 aliphatic carbocycles. The van der Waals surface area contributed by atoms with Gasteiger partial charge in [0.2, 0.25) is 5.91 Å². The summed E-state index contributed by atoms with van der Waals surface area (Å²) in [6.07, 6.45) is -4.70. The summed E-state index contributed by atoms with van der Waals surface area (Å²) in [4.78, 5) is 36.5. The molecule has 0 radical (unpaired) electrons. The Morgan fingerprint density at radius 1 is 1.05 bits per heavy atom. The van der Waals surface area contributed by atoms with Crippen LogP contribution >= 0.6 is 11.6 Å². The molecule has 1 atom stereocenters. The van der Waals surface area contributed by atoms with Crippen LogP contribution in [0.2, 0.25) is 5.02 Å². The molecule has 1 spiro atoms. The number of amides is 2. The molecule has 202 valence electrons. The van der Waals surface area contributed by atoms with Crippen molar-refractivity contribution in [1.29, 1.82) is 0 Å². The fourth-order valence-corrected chi connectivity index (χ4v) is 7.05. The number of nitro groups is 1. The average molecular weight is 584 g/mol. The molecule has 0 N–H and O–H groups in total. The number of alkyl halides is 3. The van der Waals surface area contributed by atoms with Gasteiger partial charge in [0.15, 0.2) is 9.84 Å². The highest BCUT2D eigenvalue weighted by molar-refractivity contribution is 7.94. The Morgan fingerprint density at radius 3 is 2.41 bits per heavy atom. The number of rotatable bonds is 4. The molecule has 3 aromatic rings. The summed E-state index contributed by atoms with van der Waals surface area (Å²) in [5.41, 5.74) is -2.54. The number of halogens is 5. The van der Waals surface area contributed by atoms with Crippen LogP contribution in [0.1, 0.15) is 16.7 Å². The molecule has 0 aromatic heterocycles. The zero-order valence-electron chi connectivity index (χ0n) is 19.3. The molecule has 0 saturated carbocycles. The van der Waals surface area contributed by atoms with Crippen molar-refractivity contribution in [2.24, 2.45) is 0 Å². The Morgan fingerprint density at radius 2 is 1.77 bits per heavy atom. The Kier molecular flexibility index (Phi) is 5.95. The molecule has 15 heteroatoms. The number of sulfone groups is 1. The van der Waals surface area contributed by atoms with Gasteiger partial charge in [-0.25, -0.2) is 12.8 Å². The normalized spacial score (nSPS) is 20.1. The number of carbonyl (C=O) groups is 2. The number of hydrogen-bond donors (Lipinski definition) is 0. The molecule has 39 heavy (non-hydrogen) atoms. The van der Waals surface area contributed by atoms with Crippen molar-refractivity contribution >= 4 is 50.3 Å². The molecule has 2 aliphatic heterocycles. The number of anilines is 2. The van der Waals surface area contributed by atoms with E-state index in [-0.39, 0.29) is 16.9 Å². The summed E-state index contributed by atoms with van der Waals surface area (Å²) >= 11 is 5.86. The molecule has 0 bridgehead atoms. The lowest BCUT2D eigenvalue weighted by atomic mass is 10.0. The summed E-state index contributed by atoms with van der Waals surface area (Å²) in [5, 5.41) is 11.1. The quantitative estimate of drug-likeness (QED) is 0.252. The highest BCUT2D eigenvalue weighted by Gasteiger charge is 2.70. The standard InChI is InChI=1S/C24H14ClF4N3O6S/c25-18-10-15(4-6-19(18)26)31-21(33)12-39(37,38)23(31)17-9-16(32(35)36)5-7-20(17)30(22(23)34)11-13-2-1-3-14(8-13)24(27,28)29/h1-10H,11-12H2. The van der Waals surface area contributed by atoms with E-state index in [1.54, 1.807) is 0 Å². The Balaban J connectivity index is 1.76. The van der Waals surface area contributed by atoms with Gasteiger partial charge >= 0.3 is 6.18 Å². The third kappa shape index (κ3) is 3.93. The highest BCUT2D eigenvalue weighted by atomic mass is 35.5. The number of nitrogens with zero attached hydrogens (tertiary/aromatic N) is 3. The van der Waals surface area contributed by atoms with Gasteiger partial charge in [-0.3, -0.25) is 24.6 Å². The number of carbonyl (C=O) groups excluding carboxylic acids is 2. The largest absolute Gasteiger partial charge is 0.416 e. The Labute approximate surface area is 222 Å². The van der Waals surface area contributed by atoms with Crippen LogP contribution in [0.4, 0.5) is 34.6 Å². The van der Waals surface area contributed by atoms with Gasteiger partial charge < -0.3 is 4.90 Å². The maximum absolute atomic E-state index is 14.1. The molecular weight excluding hydrogens is 570 g/mol. The molecule has 1 unspecified atom stereocenters. The average Bonchev–Trinajstić information content (AvgIpc) is 3.22. The van der Waals surface area contributed by atoms with E-state index in [9.17, 15) is 45.7 Å². The van der Waals surface area contributed by atoms with Gasteiger partial charge in [0.25, 0.3) is 16.5 Å². The number of nitro benzene ring substituents is 1. The van der Waals surface area contributed by atoms with Crippen LogP contribution in [0.15, 0.2) is 60.7 Å². The second-order valence-corrected chi connectivity index (χ2v) is 11.3. The lowest BCUT2D eigenvalue weighted by molar-refractivity contribution is -0.384. The number of non-ortho nitro benzene ring substituents is 1. The molecule has 9 nitrogen and oxygen atoms in total. The van der Waals surface area contributed by atoms with Crippen LogP contribution in [0, 0.1) is 15.9 Å². The maximum atomic E-state index is 14.1. The molecule has 3 aromatic carbocycles. The minimum absolute atomic E-state index is 0.0300. The first-order valence-corrected chi connectivity index (χ1v) is 13.0. The first-order chi connectivity index (χ1) is 18.2.